The molecule has 2 heteroatoms. The maximum absolute atomic E-state index is 5.32. The first-order valence-electron chi connectivity index (χ1n) is 9.23. The molecule has 2 aromatic carbocycles. The molecule has 0 amide bonds. The van der Waals surface area contributed by atoms with Crippen LogP contribution in [0.2, 0.25) is 0 Å². The fraction of sp³-hybridized carbons (Fsp3) is 0.333. The van der Waals surface area contributed by atoms with Gasteiger partial charge in [0.1, 0.15) is 11.5 Å². The summed E-state index contributed by atoms with van der Waals surface area (Å²) in [5.74, 6) is 1.81. The average Bonchev–Trinajstić information content (AvgIpc) is 2.68. The van der Waals surface area contributed by atoms with Gasteiger partial charge in [0.05, 0.1) is 14.2 Å². The largest absolute Gasteiger partial charge is 0.497 e. The Morgan fingerprint density at radius 2 is 0.962 bits per heavy atom. The van der Waals surface area contributed by atoms with Crippen LogP contribution in [0.25, 0.3) is 11.1 Å². The first kappa shape index (κ1) is 17.0. The van der Waals surface area contributed by atoms with E-state index in [0.717, 1.165) is 11.5 Å². The maximum atomic E-state index is 5.32. The molecule has 26 heavy (non-hydrogen) atoms. The Bertz CT molecular complexity index is 798. The molecule has 0 heterocycles. The highest BCUT2D eigenvalue weighted by Gasteiger charge is 2.45. The summed E-state index contributed by atoms with van der Waals surface area (Å²) in [4.78, 5) is 0. The van der Waals surface area contributed by atoms with Crippen LogP contribution in [0.4, 0.5) is 0 Å². The minimum Gasteiger partial charge on any atom is -0.497 e. The molecule has 0 saturated heterocycles. The van der Waals surface area contributed by atoms with Gasteiger partial charge in [0.15, 0.2) is 0 Å². The van der Waals surface area contributed by atoms with Crippen molar-refractivity contribution in [3.05, 3.63) is 71.8 Å². The van der Waals surface area contributed by atoms with E-state index in [1.165, 1.54) is 35.1 Å². The monoisotopic (exact) mass is 346 g/mol. The number of rotatable bonds is 4. The van der Waals surface area contributed by atoms with Crippen LogP contribution in [0.15, 0.2) is 60.7 Å². The third-order valence-electron chi connectivity index (χ3n) is 6.12. The molecular weight excluding hydrogens is 320 g/mol. The van der Waals surface area contributed by atoms with Crippen molar-refractivity contribution in [2.45, 2.75) is 26.7 Å². The predicted molar refractivity (Wildman–Crippen MR) is 107 cm³/mol. The fourth-order valence-electron chi connectivity index (χ4n) is 4.42. The SMILES string of the molecule is COc1ccc(C2=C[C@@]3(C)CC[C@]2(C)C=C3c2ccc(OC)cc2)cc1. The number of methoxy groups -OCH3 is 2. The summed E-state index contributed by atoms with van der Waals surface area (Å²) in [5.41, 5.74) is 5.61. The lowest BCUT2D eigenvalue weighted by Crippen LogP contribution is -2.35. The van der Waals surface area contributed by atoms with Crippen LogP contribution in [-0.4, -0.2) is 14.2 Å². The summed E-state index contributed by atoms with van der Waals surface area (Å²) in [7, 11) is 3.42. The average molecular weight is 346 g/mol. The van der Waals surface area contributed by atoms with E-state index in [9.17, 15) is 0 Å². The Labute approximate surface area is 156 Å². The zero-order valence-corrected chi connectivity index (χ0v) is 16.0. The van der Waals surface area contributed by atoms with Crippen molar-refractivity contribution in [3.63, 3.8) is 0 Å². The quantitative estimate of drug-likeness (QED) is 0.677. The molecule has 2 atom stereocenters. The van der Waals surface area contributed by atoms with Gasteiger partial charge in [0.2, 0.25) is 0 Å². The van der Waals surface area contributed by atoms with Crippen molar-refractivity contribution in [2.24, 2.45) is 10.8 Å². The van der Waals surface area contributed by atoms with E-state index < -0.39 is 0 Å². The van der Waals surface area contributed by atoms with Crippen LogP contribution in [0.3, 0.4) is 0 Å². The van der Waals surface area contributed by atoms with Crippen molar-refractivity contribution < 1.29 is 9.47 Å². The zero-order valence-electron chi connectivity index (χ0n) is 16.0. The number of allylic oxidation sites excluding steroid dienone is 4. The number of hydrogen-bond donors (Lipinski definition) is 0. The lowest BCUT2D eigenvalue weighted by molar-refractivity contribution is 0.350. The minimum absolute atomic E-state index is 0.0710. The number of benzene rings is 2. The minimum atomic E-state index is 0.0710. The van der Waals surface area contributed by atoms with Crippen LogP contribution in [0.5, 0.6) is 11.5 Å². The first-order chi connectivity index (χ1) is 12.5. The molecule has 0 aromatic heterocycles. The van der Waals surface area contributed by atoms with E-state index in [1.807, 2.05) is 0 Å². The van der Waals surface area contributed by atoms with Gasteiger partial charge in [-0.3, -0.25) is 0 Å². The highest BCUT2D eigenvalue weighted by Crippen LogP contribution is 2.60. The van der Waals surface area contributed by atoms with Gasteiger partial charge in [0, 0.05) is 10.8 Å². The van der Waals surface area contributed by atoms with Crippen molar-refractivity contribution in [3.8, 4) is 11.5 Å². The second-order valence-electron chi connectivity index (χ2n) is 7.91. The van der Waals surface area contributed by atoms with Crippen LogP contribution in [0, 0.1) is 10.8 Å². The van der Waals surface area contributed by atoms with E-state index >= 15 is 0 Å². The molecule has 0 spiro atoms. The number of fused-ring (bicyclic) bond motifs is 1. The Kier molecular flexibility index (Phi) is 3.95. The van der Waals surface area contributed by atoms with Crippen molar-refractivity contribution in [1.29, 1.82) is 0 Å². The van der Waals surface area contributed by atoms with Gasteiger partial charge in [-0.25, -0.2) is 0 Å². The number of ether oxygens (including phenoxy) is 2. The third kappa shape index (κ3) is 2.65. The molecule has 0 fully saturated rings. The molecule has 2 nitrogen and oxygen atoms in total. The molecule has 0 radical (unpaired) electrons. The van der Waals surface area contributed by atoms with Gasteiger partial charge in [-0.1, -0.05) is 50.3 Å². The molecule has 5 rings (SSSR count). The number of hydrogen-bond acceptors (Lipinski definition) is 2. The van der Waals surface area contributed by atoms with Crippen molar-refractivity contribution in [1.82, 2.24) is 0 Å². The molecule has 3 aliphatic rings. The van der Waals surface area contributed by atoms with E-state index in [-0.39, 0.29) is 10.8 Å². The smallest absolute Gasteiger partial charge is 0.118 e. The van der Waals surface area contributed by atoms with Gasteiger partial charge in [-0.2, -0.15) is 0 Å². The summed E-state index contributed by atoms with van der Waals surface area (Å²) in [5, 5.41) is 0. The predicted octanol–water partition coefficient (Wildman–Crippen LogP) is 5.99. The molecule has 0 saturated carbocycles. The lowest BCUT2D eigenvalue weighted by Gasteiger charge is -2.49. The Morgan fingerprint density at radius 1 is 0.615 bits per heavy atom. The Morgan fingerprint density at radius 3 is 1.27 bits per heavy atom. The van der Waals surface area contributed by atoms with Gasteiger partial charge in [-0.15, -0.1) is 0 Å². The Balaban J connectivity index is 1.75. The van der Waals surface area contributed by atoms with E-state index in [1.54, 1.807) is 14.2 Å². The summed E-state index contributed by atoms with van der Waals surface area (Å²) >= 11 is 0. The topological polar surface area (TPSA) is 18.5 Å². The molecule has 3 aliphatic carbocycles. The molecule has 0 aliphatic heterocycles. The zero-order chi connectivity index (χ0) is 18.4. The standard InChI is InChI=1S/C24H26O2/c1-23-13-14-24(2,16-21(23)17-5-9-19(25-3)10-6-17)22(15-23)18-7-11-20(26-4)12-8-18/h5-12,15-16H,13-14H2,1-4H3/t23-,24-/m1/s1. The molecule has 134 valence electrons. The highest BCUT2D eigenvalue weighted by atomic mass is 16.5. The second-order valence-corrected chi connectivity index (χ2v) is 7.91. The summed E-state index contributed by atoms with van der Waals surface area (Å²) in [6.45, 7) is 4.73. The third-order valence-corrected chi connectivity index (χ3v) is 6.12. The summed E-state index contributed by atoms with van der Waals surface area (Å²) in [6, 6.07) is 16.9. The van der Waals surface area contributed by atoms with Gasteiger partial charge in [-0.05, 0) is 59.4 Å². The maximum Gasteiger partial charge on any atom is 0.118 e. The van der Waals surface area contributed by atoms with Crippen LogP contribution in [-0.2, 0) is 0 Å². The molecular formula is C24H26O2. The lowest BCUT2D eigenvalue weighted by atomic mass is 9.55. The Hall–Kier alpha value is -2.48. The fourth-order valence-corrected chi connectivity index (χ4v) is 4.42. The first-order valence-corrected chi connectivity index (χ1v) is 9.23. The van der Waals surface area contributed by atoms with Crippen LogP contribution >= 0.6 is 0 Å². The summed E-state index contributed by atoms with van der Waals surface area (Å²) in [6.07, 6.45) is 7.36. The van der Waals surface area contributed by atoms with Crippen LogP contribution < -0.4 is 9.47 Å². The molecule has 0 unspecified atom stereocenters. The molecule has 0 N–H and O–H groups in total. The van der Waals surface area contributed by atoms with Gasteiger partial charge < -0.3 is 9.47 Å². The second kappa shape index (κ2) is 6.05. The summed E-state index contributed by atoms with van der Waals surface area (Å²) < 4.78 is 10.6. The van der Waals surface area contributed by atoms with Gasteiger partial charge >= 0.3 is 0 Å². The van der Waals surface area contributed by atoms with Crippen LogP contribution in [0.1, 0.15) is 37.8 Å². The molecule has 2 aromatic rings. The molecule has 2 bridgehead atoms. The van der Waals surface area contributed by atoms with E-state index in [4.69, 9.17) is 9.47 Å². The van der Waals surface area contributed by atoms with Gasteiger partial charge in [0.25, 0.3) is 0 Å². The van der Waals surface area contributed by atoms with E-state index in [2.05, 4.69) is 74.5 Å². The van der Waals surface area contributed by atoms with E-state index in [0.29, 0.717) is 0 Å². The van der Waals surface area contributed by atoms with Crippen molar-refractivity contribution >= 4 is 11.1 Å². The highest BCUT2D eigenvalue weighted by molar-refractivity contribution is 5.86. The normalized spacial score (nSPS) is 26.9. The van der Waals surface area contributed by atoms with Crippen molar-refractivity contribution in [2.75, 3.05) is 14.2 Å².